The summed E-state index contributed by atoms with van der Waals surface area (Å²) in [6.45, 7) is 2.33. The average molecular weight is 303 g/mol. The van der Waals surface area contributed by atoms with Crippen LogP contribution in [0.25, 0.3) is 0 Å². The summed E-state index contributed by atoms with van der Waals surface area (Å²) in [4.78, 5) is 17.8. The Labute approximate surface area is 122 Å². The molecule has 0 bridgehead atoms. The maximum absolute atomic E-state index is 11.6. The summed E-state index contributed by atoms with van der Waals surface area (Å²) >= 11 is 11.9. The van der Waals surface area contributed by atoms with Gasteiger partial charge < -0.3 is 4.74 Å². The molecule has 0 N–H and O–H groups in total. The summed E-state index contributed by atoms with van der Waals surface area (Å²) < 4.78 is 4.81. The summed E-state index contributed by atoms with van der Waals surface area (Å²) in [5.41, 5.74) is 0.927. The van der Waals surface area contributed by atoms with Crippen LogP contribution in [0.15, 0.2) is 12.3 Å². The van der Waals surface area contributed by atoms with Gasteiger partial charge in [-0.3, -0.25) is 9.69 Å². The maximum Gasteiger partial charge on any atom is 0.309 e. The van der Waals surface area contributed by atoms with Crippen LogP contribution < -0.4 is 0 Å². The fraction of sp³-hybridized carbons (Fsp3) is 0.538. The molecule has 6 heteroatoms. The SMILES string of the molecule is COC(=O)[C@H]1CCCN(Cc2cnc(Cl)cc2Cl)C1. The number of hydrogen-bond donors (Lipinski definition) is 0. The third-order valence-corrected chi connectivity index (χ3v) is 3.89. The van der Waals surface area contributed by atoms with E-state index in [0.29, 0.717) is 23.3 Å². The van der Waals surface area contributed by atoms with Gasteiger partial charge in [0.1, 0.15) is 5.15 Å². The lowest BCUT2D eigenvalue weighted by Gasteiger charge is -2.31. The number of hydrogen-bond acceptors (Lipinski definition) is 4. The van der Waals surface area contributed by atoms with Gasteiger partial charge in [-0.25, -0.2) is 4.98 Å². The van der Waals surface area contributed by atoms with E-state index < -0.39 is 0 Å². The van der Waals surface area contributed by atoms with E-state index in [1.54, 1.807) is 12.3 Å². The van der Waals surface area contributed by atoms with Gasteiger partial charge in [0.15, 0.2) is 0 Å². The van der Waals surface area contributed by atoms with E-state index in [1.807, 2.05) is 0 Å². The third-order valence-electron chi connectivity index (χ3n) is 3.33. The molecule has 0 unspecified atom stereocenters. The van der Waals surface area contributed by atoms with Crippen LogP contribution in [0.5, 0.6) is 0 Å². The molecule has 1 aliphatic rings. The van der Waals surface area contributed by atoms with Gasteiger partial charge in [-0.1, -0.05) is 23.2 Å². The lowest BCUT2D eigenvalue weighted by Crippen LogP contribution is -2.38. The number of halogens is 2. The zero-order chi connectivity index (χ0) is 13.8. The number of pyridine rings is 1. The third kappa shape index (κ3) is 3.81. The molecule has 0 amide bonds. The highest BCUT2D eigenvalue weighted by Crippen LogP contribution is 2.23. The number of esters is 1. The maximum atomic E-state index is 11.6. The minimum atomic E-state index is -0.134. The largest absolute Gasteiger partial charge is 0.469 e. The number of likely N-dealkylation sites (tertiary alicyclic amines) is 1. The van der Waals surface area contributed by atoms with Crippen molar-refractivity contribution < 1.29 is 9.53 Å². The normalized spacial score (nSPS) is 20.3. The number of methoxy groups -OCH3 is 1. The Morgan fingerprint density at radius 2 is 2.37 bits per heavy atom. The molecule has 1 saturated heterocycles. The monoisotopic (exact) mass is 302 g/mol. The molecule has 2 heterocycles. The Morgan fingerprint density at radius 3 is 3.05 bits per heavy atom. The van der Waals surface area contributed by atoms with Crippen molar-refractivity contribution in [3.05, 3.63) is 28.0 Å². The van der Waals surface area contributed by atoms with E-state index in [0.717, 1.165) is 24.9 Å². The quantitative estimate of drug-likeness (QED) is 0.636. The molecule has 0 saturated carbocycles. The Bertz CT molecular complexity index is 468. The Balaban J connectivity index is 2.00. The first kappa shape index (κ1) is 14.6. The van der Waals surface area contributed by atoms with E-state index in [-0.39, 0.29) is 11.9 Å². The van der Waals surface area contributed by atoms with Gasteiger partial charge in [0, 0.05) is 29.9 Å². The molecule has 19 heavy (non-hydrogen) atoms. The molecular formula is C13H16Cl2N2O2. The molecule has 0 aromatic carbocycles. The van der Waals surface area contributed by atoms with Crippen LogP contribution in [0, 0.1) is 5.92 Å². The van der Waals surface area contributed by atoms with E-state index in [1.165, 1.54) is 7.11 Å². The Kier molecular flexibility index (Phi) is 5.02. The summed E-state index contributed by atoms with van der Waals surface area (Å²) in [6.07, 6.45) is 3.56. The van der Waals surface area contributed by atoms with Gasteiger partial charge in [0.25, 0.3) is 0 Å². The molecule has 0 aliphatic carbocycles. The van der Waals surface area contributed by atoms with Crippen molar-refractivity contribution in [2.45, 2.75) is 19.4 Å². The average Bonchev–Trinajstić information content (AvgIpc) is 2.41. The van der Waals surface area contributed by atoms with Crippen LogP contribution in [0.2, 0.25) is 10.2 Å². The first-order chi connectivity index (χ1) is 9.10. The second kappa shape index (κ2) is 6.55. The van der Waals surface area contributed by atoms with Crippen LogP contribution in [-0.4, -0.2) is 36.1 Å². The van der Waals surface area contributed by atoms with Crippen LogP contribution in [0.4, 0.5) is 0 Å². The second-order valence-electron chi connectivity index (χ2n) is 4.70. The lowest BCUT2D eigenvalue weighted by atomic mass is 9.98. The van der Waals surface area contributed by atoms with Crippen LogP contribution in [-0.2, 0) is 16.1 Å². The number of carbonyl (C=O) groups is 1. The molecule has 4 nitrogen and oxygen atoms in total. The fourth-order valence-electron chi connectivity index (χ4n) is 2.35. The Morgan fingerprint density at radius 1 is 1.58 bits per heavy atom. The number of carbonyl (C=O) groups excluding carboxylic acids is 1. The molecule has 0 spiro atoms. The number of rotatable bonds is 3. The van der Waals surface area contributed by atoms with E-state index in [2.05, 4.69) is 9.88 Å². The van der Waals surface area contributed by atoms with Gasteiger partial charge in [0.2, 0.25) is 0 Å². The predicted octanol–water partition coefficient (Wildman–Crippen LogP) is 2.77. The standard InChI is InChI=1S/C13H16Cl2N2O2/c1-19-13(18)9-3-2-4-17(7-9)8-10-6-16-12(15)5-11(10)14/h5-6,9H,2-4,7-8H2,1H3/t9-/m0/s1. The highest BCUT2D eigenvalue weighted by molar-refractivity contribution is 6.34. The van der Waals surface area contributed by atoms with Crippen molar-refractivity contribution in [2.75, 3.05) is 20.2 Å². The molecule has 104 valence electrons. The highest BCUT2D eigenvalue weighted by atomic mass is 35.5. The molecule has 1 aromatic heterocycles. The first-order valence-electron chi connectivity index (χ1n) is 6.20. The molecule has 1 aliphatic heterocycles. The molecular weight excluding hydrogens is 287 g/mol. The summed E-state index contributed by atoms with van der Waals surface area (Å²) in [5.74, 6) is -0.178. The van der Waals surface area contributed by atoms with E-state index in [9.17, 15) is 4.79 Å². The van der Waals surface area contributed by atoms with Gasteiger partial charge in [-0.15, -0.1) is 0 Å². The zero-order valence-corrected chi connectivity index (χ0v) is 12.2. The van der Waals surface area contributed by atoms with Gasteiger partial charge >= 0.3 is 5.97 Å². The number of nitrogens with zero attached hydrogens (tertiary/aromatic N) is 2. The molecule has 1 fully saturated rings. The van der Waals surface area contributed by atoms with Crippen molar-refractivity contribution in [2.24, 2.45) is 5.92 Å². The fourth-order valence-corrected chi connectivity index (χ4v) is 2.78. The van der Waals surface area contributed by atoms with E-state index in [4.69, 9.17) is 27.9 Å². The Hall–Kier alpha value is -0.840. The van der Waals surface area contributed by atoms with Gasteiger partial charge in [-0.2, -0.15) is 0 Å². The molecule has 0 radical (unpaired) electrons. The predicted molar refractivity (Wildman–Crippen MR) is 74.3 cm³/mol. The molecule has 1 atom stereocenters. The van der Waals surface area contributed by atoms with Crippen LogP contribution >= 0.6 is 23.2 Å². The van der Waals surface area contributed by atoms with Crippen molar-refractivity contribution in [3.63, 3.8) is 0 Å². The van der Waals surface area contributed by atoms with Gasteiger partial charge in [-0.05, 0) is 25.5 Å². The van der Waals surface area contributed by atoms with Crippen molar-refractivity contribution >= 4 is 29.2 Å². The number of aromatic nitrogens is 1. The summed E-state index contributed by atoms with van der Waals surface area (Å²) in [7, 11) is 1.43. The van der Waals surface area contributed by atoms with Crippen molar-refractivity contribution in [1.29, 1.82) is 0 Å². The molecule has 2 rings (SSSR count). The lowest BCUT2D eigenvalue weighted by molar-refractivity contribution is -0.147. The first-order valence-corrected chi connectivity index (χ1v) is 6.96. The van der Waals surface area contributed by atoms with E-state index >= 15 is 0 Å². The summed E-state index contributed by atoms with van der Waals surface area (Å²) in [5, 5.41) is 1.00. The van der Waals surface area contributed by atoms with Crippen LogP contribution in [0.3, 0.4) is 0 Å². The topological polar surface area (TPSA) is 42.4 Å². The van der Waals surface area contributed by atoms with Crippen molar-refractivity contribution in [1.82, 2.24) is 9.88 Å². The molecule has 1 aromatic rings. The highest BCUT2D eigenvalue weighted by Gasteiger charge is 2.26. The number of piperidine rings is 1. The zero-order valence-electron chi connectivity index (χ0n) is 10.7. The second-order valence-corrected chi connectivity index (χ2v) is 5.49. The smallest absolute Gasteiger partial charge is 0.309 e. The summed E-state index contributed by atoms with van der Waals surface area (Å²) in [6, 6.07) is 1.64. The van der Waals surface area contributed by atoms with Gasteiger partial charge in [0.05, 0.1) is 13.0 Å². The minimum absolute atomic E-state index is 0.0437. The number of ether oxygens (including phenoxy) is 1. The van der Waals surface area contributed by atoms with Crippen molar-refractivity contribution in [3.8, 4) is 0 Å². The van der Waals surface area contributed by atoms with Crippen LogP contribution in [0.1, 0.15) is 18.4 Å². The minimum Gasteiger partial charge on any atom is -0.469 e.